The topological polar surface area (TPSA) is 48.0 Å². The third-order valence-corrected chi connectivity index (χ3v) is 7.19. The Hall–Kier alpha value is -2.54. The van der Waals surface area contributed by atoms with Crippen LogP contribution in [0.5, 0.6) is 0 Å². The van der Waals surface area contributed by atoms with E-state index in [0.29, 0.717) is 22.2 Å². The molecule has 1 heterocycles. The molecule has 157 valence electrons. The Balaban J connectivity index is 1.82. The van der Waals surface area contributed by atoms with Gasteiger partial charge >= 0.3 is 0 Å². The molecule has 0 aliphatic rings. The number of amides is 1. The van der Waals surface area contributed by atoms with Gasteiger partial charge in [0.15, 0.2) is 0 Å². The van der Waals surface area contributed by atoms with Crippen molar-refractivity contribution in [3.8, 4) is 11.1 Å². The second-order valence-corrected chi connectivity index (χ2v) is 9.52. The predicted molar refractivity (Wildman–Crippen MR) is 141 cm³/mol. The van der Waals surface area contributed by atoms with E-state index in [1.54, 1.807) is 12.1 Å². The van der Waals surface area contributed by atoms with E-state index >= 15 is 0 Å². The maximum absolute atomic E-state index is 12.2. The highest BCUT2D eigenvalue weighted by atomic mass is 127. The lowest BCUT2D eigenvalue weighted by atomic mass is 10.0. The smallest absolute Gasteiger partial charge is 0.249 e. The van der Waals surface area contributed by atoms with Gasteiger partial charge in [0.25, 0.3) is 0 Å². The monoisotopic (exact) mass is 569 g/mol. The summed E-state index contributed by atoms with van der Waals surface area (Å²) in [7, 11) is 0. The minimum Gasteiger partial charge on any atom is -0.366 e. The summed E-state index contributed by atoms with van der Waals surface area (Å²) < 4.78 is 3.38. The molecule has 3 nitrogen and oxygen atoms in total. The minimum atomic E-state index is -0.456. The summed E-state index contributed by atoms with van der Waals surface area (Å²) in [5, 5.41) is 2.83. The highest BCUT2D eigenvalue weighted by Gasteiger charge is 2.18. The molecule has 4 aromatic carbocycles. The van der Waals surface area contributed by atoms with Gasteiger partial charge in [0.1, 0.15) is 0 Å². The first kappa shape index (κ1) is 21.3. The fourth-order valence-electron chi connectivity index (χ4n) is 4.11. The van der Waals surface area contributed by atoms with E-state index in [2.05, 4.69) is 51.4 Å². The number of rotatable bonds is 4. The molecule has 0 saturated heterocycles. The zero-order valence-corrected chi connectivity index (χ0v) is 20.4. The van der Waals surface area contributed by atoms with E-state index in [-0.39, 0.29) is 0 Å². The average Bonchev–Trinajstić information content (AvgIpc) is 3.08. The van der Waals surface area contributed by atoms with Crippen molar-refractivity contribution in [2.75, 3.05) is 0 Å². The summed E-state index contributed by atoms with van der Waals surface area (Å²) in [6.07, 6.45) is 0. The Morgan fingerprint density at radius 1 is 1.00 bits per heavy atom. The minimum absolute atomic E-state index is 0.456. The van der Waals surface area contributed by atoms with Crippen LogP contribution in [0.15, 0.2) is 72.8 Å². The normalized spacial score (nSPS) is 11.3. The second kappa shape index (κ2) is 8.43. The molecule has 0 bridgehead atoms. The predicted octanol–water partition coefficient (Wildman–Crippen LogP) is 7.32. The second-order valence-electron chi connectivity index (χ2n) is 7.51. The molecule has 5 rings (SSSR count). The highest BCUT2D eigenvalue weighted by molar-refractivity contribution is 14.1. The van der Waals surface area contributed by atoms with Gasteiger partial charge in [-0.2, -0.15) is 0 Å². The van der Waals surface area contributed by atoms with Gasteiger partial charge in [-0.25, -0.2) is 0 Å². The zero-order chi connectivity index (χ0) is 22.4. The van der Waals surface area contributed by atoms with Gasteiger partial charge in [0.05, 0.1) is 11.0 Å². The number of carbonyl (C=O) groups excluding carboxylic acids is 1. The van der Waals surface area contributed by atoms with Crippen molar-refractivity contribution >= 4 is 73.5 Å². The largest absolute Gasteiger partial charge is 0.366 e. The average molecular weight is 570 g/mol. The lowest BCUT2D eigenvalue weighted by Crippen LogP contribution is -2.11. The lowest BCUT2D eigenvalue weighted by molar-refractivity contribution is 0.100. The number of nitrogens with zero attached hydrogens (tertiary/aromatic N) is 1. The van der Waals surface area contributed by atoms with Crippen molar-refractivity contribution in [3.63, 3.8) is 0 Å². The number of fused-ring (bicyclic) bond motifs is 3. The van der Waals surface area contributed by atoms with Gasteiger partial charge in [-0.05, 0) is 82.2 Å². The Labute approximate surface area is 208 Å². The summed E-state index contributed by atoms with van der Waals surface area (Å²) in [6.45, 7) is 0.646. The van der Waals surface area contributed by atoms with Gasteiger partial charge < -0.3 is 10.3 Å². The molecule has 0 aliphatic heterocycles. The fraction of sp³-hybridized carbons (Fsp3) is 0.0385. The molecule has 5 aromatic rings. The molecule has 0 fully saturated rings. The van der Waals surface area contributed by atoms with Crippen molar-refractivity contribution in [2.24, 2.45) is 5.73 Å². The third kappa shape index (κ3) is 3.66. The number of aromatic nitrogens is 1. The van der Waals surface area contributed by atoms with E-state index in [1.165, 1.54) is 9.13 Å². The van der Waals surface area contributed by atoms with Crippen LogP contribution in [-0.2, 0) is 6.54 Å². The van der Waals surface area contributed by atoms with Gasteiger partial charge in [0, 0.05) is 42.1 Å². The van der Waals surface area contributed by atoms with Gasteiger partial charge in [-0.3, -0.25) is 4.79 Å². The Morgan fingerprint density at radius 3 is 2.56 bits per heavy atom. The third-order valence-electron chi connectivity index (χ3n) is 5.59. The van der Waals surface area contributed by atoms with Crippen LogP contribution in [0.25, 0.3) is 32.9 Å². The maximum atomic E-state index is 12.2. The van der Waals surface area contributed by atoms with E-state index in [1.807, 2.05) is 42.5 Å². The van der Waals surface area contributed by atoms with Crippen LogP contribution in [0.2, 0.25) is 10.0 Å². The molecular weight excluding hydrogens is 554 g/mol. The maximum Gasteiger partial charge on any atom is 0.249 e. The molecule has 1 amide bonds. The fourth-order valence-corrected chi connectivity index (χ4v) is 5.18. The standard InChI is InChI=1S/C26H16Cl2IN2O/c27-17-9-11-18(21(28)13-17)15-8-10-19-24(12-15)31(14-16-4-1-2-6-22(16)29)23-7-3-5-20(25(19)23)26(30)32/h1-9,11-13H,14H2,(H2,30,32). The number of benzene rings is 4. The molecule has 6 heteroatoms. The SMILES string of the molecule is NC(=O)c1cccc2c1c1[c]cc(-c3ccc(Cl)cc3Cl)cc1n2Cc1ccccc1I. The van der Waals surface area contributed by atoms with Crippen LogP contribution in [-0.4, -0.2) is 10.5 Å². The Kier molecular flexibility index (Phi) is 5.61. The first-order valence-electron chi connectivity index (χ1n) is 9.89. The van der Waals surface area contributed by atoms with Gasteiger partial charge in [-0.1, -0.05) is 53.5 Å². The summed E-state index contributed by atoms with van der Waals surface area (Å²) in [5.41, 5.74) is 11.1. The molecular formula is C26H16Cl2IN2O. The van der Waals surface area contributed by atoms with Crippen molar-refractivity contribution in [1.82, 2.24) is 4.57 Å². The quantitative estimate of drug-likeness (QED) is 0.226. The van der Waals surface area contributed by atoms with Crippen LogP contribution in [0.4, 0.5) is 0 Å². The molecule has 0 spiro atoms. The van der Waals surface area contributed by atoms with Crippen LogP contribution in [0, 0.1) is 9.64 Å². The summed E-state index contributed by atoms with van der Waals surface area (Å²) in [4.78, 5) is 12.2. The van der Waals surface area contributed by atoms with E-state index in [4.69, 9.17) is 28.9 Å². The van der Waals surface area contributed by atoms with Gasteiger partial charge in [0.2, 0.25) is 5.91 Å². The number of hydrogen-bond acceptors (Lipinski definition) is 1. The van der Waals surface area contributed by atoms with E-state index in [9.17, 15) is 4.79 Å². The summed E-state index contributed by atoms with van der Waals surface area (Å²) in [6, 6.07) is 26.7. The number of hydrogen-bond donors (Lipinski definition) is 1. The number of primary amides is 1. The lowest BCUT2D eigenvalue weighted by Gasteiger charge is -2.11. The zero-order valence-electron chi connectivity index (χ0n) is 16.7. The number of carbonyl (C=O) groups is 1. The van der Waals surface area contributed by atoms with Crippen molar-refractivity contribution in [3.05, 3.63) is 104 Å². The van der Waals surface area contributed by atoms with E-state index < -0.39 is 5.91 Å². The molecule has 0 saturated carbocycles. The molecule has 32 heavy (non-hydrogen) atoms. The first-order chi connectivity index (χ1) is 15.4. The summed E-state index contributed by atoms with van der Waals surface area (Å²) >= 11 is 14.9. The van der Waals surface area contributed by atoms with E-state index in [0.717, 1.165) is 32.9 Å². The van der Waals surface area contributed by atoms with Crippen LogP contribution in [0.3, 0.4) is 0 Å². The first-order valence-corrected chi connectivity index (χ1v) is 11.7. The van der Waals surface area contributed by atoms with Crippen LogP contribution in [0.1, 0.15) is 15.9 Å². The molecule has 0 aliphatic carbocycles. The molecule has 2 N–H and O–H groups in total. The number of halogens is 3. The Bertz CT molecular complexity index is 1520. The number of nitrogens with two attached hydrogens (primary N) is 1. The van der Waals surface area contributed by atoms with Crippen molar-refractivity contribution in [1.29, 1.82) is 0 Å². The van der Waals surface area contributed by atoms with Crippen LogP contribution < -0.4 is 5.73 Å². The van der Waals surface area contributed by atoms with Crippen molar-refractivity contribution < 1.29 is 4.79 Å². The molecule has 1 aromatic heterocycles. The summed E-state index contributed by atoms with van der Waals surface area (Å²) in [5.74, 6) is -0.456. The van der Waals surface area contributed by atoms with Crippen LogP contribution >= 0.6 is 45.8 Å². The molecule has 0 unspecified atom stereocenters. The van der Waals surface area contributed by atoms with Gasteiger partial charge in [-0.15, -0.1) is 0 Å². The molecule has 0 atom stereocenters. The molecule has 1 radical (unpaired) electrons. The highest BCUT2D eigenvalue weighted by Crippen LogP contribution is 2.37. The Morgan fingerprint density at radius 2 is 1.81 bits per heavy atom. The van der Waals surface area contributed by atoms with Crippen molar-refractivity contribution in [2.45, 2.75) is 6.54 Å².